The quantitative estimate of drug-likeness (QED) is 0.241. The normalized spacial score (nSPS) is 11.7. The molecule has 0 aromatic heterocycles. The summed E-state index contributed by atoms with van der Waals surface area (Å²) in [6, 6.07) is 47.8. The molecule has 0 unspecified atom stereocenters. The second kappa shape index (κ2) is 9.77. The summed E-state index contributed by atoms with van der Waals surface area (Å²) in [6.45, 7) is 4.34. The molecule has 0 aliphatic heterocycles. The second-order valence-electron chi connectivity index (χ2n) is 8.75. The van der Waals surface area contributed by atoms with Crippen molar-refractivity contribution in [2.75, 3.05) is 0 Å². The van der Waals surface area contributed by atoms with Gasteiger partial charge in [0.1, 0.15) is 0 Å². The molecular weight excluding hydrogens is 408 g/mol. The molecule has 5 aromatic rings. The van der Waals surface area contributed by atoms with Crippen molar-refractivity contribution >= 4 is 11.1 Å². The SMILES string of the molecule is C/C(=C(/c1ccccc1)c1ccc(-c2ccc(-c3ccc(C)cc3)cc2)cc1)c1ccccc1. The smallest absolute Gasteiger partial charge is 0.00762 e. The average molecular weight is 437 g/mol. The lowest BCUT2D eigenvalue weighted by molar-refractivity contribution is 1.47. The van der Waals surface area contributed by atoms with Crippen LogP contribution in [0.1, 0.15) is 29.2 Å². The van der Waals surface area contributed by atoms with Gasteiger partial charge in [-0.1, -0.05) is 139 Å². The van der Waals surface area contributed by atoms with Crippen LogP contribution in [0.3, 0.4) is 0 Å². The minimum atomic E-state index is 1.23. The van der Waals surface area contributed by atoms with Gasteiger partial charge >= 0.3 is 0 Å². The first-order valence-corrected chi connectivity index (χ1v) is 11.8. The first-order chi connectivity index (χ1) is 16.7. The van der Waals surface area contributed by atoms with Crippen LogP contribution in [0.15, 0.2) is 133 Å². The zero-order valence-electron chi connectivity index (χ0n) is 19.7. The molecule has 34 heavy (non-hydrogen) atoms. The van der Waals surface area contributed by atoms with Crippen LogP contribution < -0.4 is 0 Å². The Kier molecular flexibility index (Phi) is 6.23. The van der Waals surface area contributed by atoms with Crippen molar-refractivity contribution in [2.24, 2.45) is 0 Å². The molecule has 0 heterocycles. The fourth-order valence-corrected chi connectivity index (χ4v) is 4.47. The topological polar surface area (TPSA) is 0 Å². The number of allylic oxidation sites excluding steroid dienone is 1. The Bertz CT molecular complexity index is 1390. The van der Waals surface area contributed by atoms with Gasteiger partial charge in [0.2, 0.25) is 0 Å². The highest BCUT2D eigenvalue weighted by Crippen LogP contribution is 2.33. The van der Waals surface area contributed by atoms with Crippen LogP contribution in [0.25, 0.3) is 33.4 Å². The Hall–Kier alpha value is -4.16. The van der Waals surface area contributed by atoms with Gasteiger partial charge in [-0.15, -0.1) is 0 Å². The zero-order chi connectivity index (χ0) is 23.3. The maximum Gasteiger partial charge on any atom is -0.00762 e. The molecule has 0 saturated heterocycles. The highest BCUT2D eigenvalue weighted by molar-refractivity contribution is 5.98. The summed E-state index contributed by atoms with van der Waals surface area (Å²) in [5.74, 6) is 0. The van der Waals surface area contributed by atoms with Crippen molar-refractivity contribution in [3.63, 3.8) is 0 Å². The van der Waals surface area contributed by atoms with Gasteiger partial charge in [0.15, 0.2) is 0 Å². The Morgan fingerprint density at radius 3 is 1.21 bits per heavy atom. The molecule has 0 radical (unpaired) electrons. The molecule has 0 aliphatic rings. The molecule has 0 atom stereocenters. The van der Waals surface area contributed by atoms with Crippen LogP contribution in [0.2, 0.25) is 0 Å². The predicted molar refractivity (Wildman–Crippen MR) is 147 cm³/mol. The first kappa shape index (κ1) is 21.7. The van der Waals surface area contributed by atoms with Crippen LogP contribution in [0.5, 0.6) is 0 Å². The highest BCUT2D eigenvalue weighted by Gasteiger charge is 2.11. The van der Waals surface area contributed by atoms with E-state index in [1.165, 1.54) is 55.7 Å². The molecule has 5 rings (SSSR count). The van der Waals surface area contributed by atoms with E-state index < -0.39 is 0 Å². The van der Waals surface area contributed by atoms with Crippen molar-refractivity contribution in [1.82, 2.24) is 0 Å². The molecule has 164 valence electrons. The minimum absolute atomic E-state index is 1.23. The maximum atomic E-state index is 2.25. The fourth-order valence-electron chi connectivity index (χ4n) is 4.47. The van der Waals surface area contributed by atoms with Crippen molar-refractivity contribution < 1.29 is 0 Å². The molecule has 5 aromatic carbocycles. The van der Waals surface area contributed by atoms with Gasteiger partial charge in [0.05, 0.1) is 0 Å². The van der Waals surface area contributed by atoms with E-state index in [9.17, 15) is 0 Å². The molecule has 0 aliphatic carbocycles. The minimum Gasteiger partial charge on any atom is -0.0622 e. The molecule has 0 heteroatoms. The monoisotopic (exact) mass is 436 g/mol. The summed E-state index contributed by atoms with van der Waals surface area (Å²) in [5, 5.41) is 0. The van der Waals surface area contributed by atoms with Crippen LogP contribution in [-0.2, 0) is 0 Å². The van der Waals surface area contributed by atoms with E-state index in [-0.39, 0.29) is 0 Å². The van der Waals surface area contributed by atoms with E-state index in [1.807, 2.05) is 0 Å². The average Bonchev–Trinajstić information content (AvgIpc) is 2.91. The Labute approximate surface area is 202 Å². The Morgan fingerprint density at radius 2 is 0.735 bits per heavy atom. The summed E-state index contributed by atoms with van der Waals surface area (Å²) in [6.07, 6.45) is 0. The van der Waals surface area contributed by atoms with E-state index >= 15 is 0 Å². The number of hydrogen-bond acceptors (Lipinski definition) is 0. The fraction of sp³-hybridized carbons (Fsp3) is 0.0588. The summed E-state index contributed by atoms with van der Waals surface area (Å²) >= 11 is 0. The molecule has 0 fully saturated rings. The Balaban J connectivity index is 1.49. The molecule has 0 bridgehead atoms. The summed E-state index contributed by atoms with van der Waals surface area (Å²) in [7, 11) is 0. The van der Waals surface area contributed by atoms with E-state index in [2.05, 4.69) is 147 Å². The standard InChI is InChI=1S/C34H28/c1-25-13-15-28(16-14-25)29-17-19-30(20-18-29)31-21-23-33(24-22-31)34(32-11-7-4-8-12-32)26(2)27-9-5-3-6-10-27/h3-24H,1-2H3/b34-26+. The number of rotatable bonds is 5. The summed E-state index contributed by atoms with van der Waals surface area (Å²) in [4.78, 5) is 0. The van der Waals surface area contributed by atoms with Gasteiger partial charge in [0, 0.05) is 0 Å². The Morgan fingerprint density at radius 1 is 0.382 bits per heavy atom. The third-order valence-electron chi connectivity index (χ3n) is 6.42. The molecule has 0 amide bonds. The van der Waals surface area contributed by atoms with Gasteiger partial charge in [-0.2, -0.15) is 0 Å². The molecule has 0 N–H and O–H groups in total. The molecular formula is C34H28. The maximum absolute atomic E-state index is 2.25. The van der Waals surface area contributed by atoms with Crippen molar-refractivity contribution in [1.29, 1.82) is 0 Å². The van der Waals surface area contributed by atoms with Crippen LogP contribution in [-0.4, -0.2) is 0 Å². The van der Waals surface area contributed by atoms with E-state index in [0.29, 0.717) is 0 Å². The van der Waals surface area contributed by atoms with Crippen molar-refractivity contribution in [3.05, 3.63) is 156 Å². The van der Waals surface area contributed by atoms with Gasteiger partial charge < -0.3 is 0 Å². The van der Waals surface area contributed by atoms with Gasteiger partial charge in [-0.05, 0) is 63.9 Å². The first-order valence-electron chi connectivity index (χ1n) is 11.8. The lowest BCUT2D eigenvalue weighted by Gasteiger charge is -2.15. The predicted octanol–water partition coefficient (Wildman–Crippen LogP) is 9.31. The van der Waals surface area contributed by atoms with E-state index in [4.69, 9.17) is 0 Å². The third kappa shape index (κ3) is 4.63. The molecule has 0 spiro atoms. The second-order valence-corrected chi connectivity index (χ2v) is 8.75. The lowest BCUT2D eigenvalue weighted by atomic mass is 9.89. The van der Waals surface area contributed by atoms with Crippen LogP contribution in [0, 0.1) is 6.92 Å². The van der Waals surface area contributed by atoms with Gasteiger partial charge in [-0.3, -0.25) is 0 Å². The van der Waals surface area contributed by atoms with Crippen molar-refractivity contribution in [3.8, 4) is 22.3 Å². The number of aryl methyl sites for hydroxylation is 1. The summed E-state index contributed by atoms with van der Waals surface area (Å²) < 4.78 is 0. The lowest BCUT2D eigenvalue weighted by Crippen LogP contribution is -1.93. The van der Waals surface area contributed by atoms with E-state index in [0.717, 1.165) is 0 Å². The summed E-state index contributed by atoms with van der Waals surface area (Å²) in [5.41, 5.74) is 12.5. The highest BCUT2D eigenvalue weighted by atomic mass is 14.1. The number of benzene rings is 5. The van der Waals surface area contributed by atoms with Gasteiger partial charge in [0.25, 0.3) is 0 Å². The number of hydrogen-bond donors (Lipinski definition) is 0. The van der Waals surface area contributed by atoms with Crippen LogP contribution in [0.4, 0.5) is 0 Å². The van der Waals surface area contributed by atoms with Crippen LogP contribution >= 0.6 is 0 Å². The third-order valence-corrected chi connectivity index (χ3v) is 6.42. The van der Waals surface area contributed by atoms with E-state index in [1.54, 1.807) is 0 Å². The molecule has 0 nitrogen and oxygen atoms in total. The largest absolute Gasteiger partial charge is 0.0622 e. The molecule has 0 saturated carbocycles. The van der Waals surface area contributed by atoms with Gasteiger partial charge in [-0.25, -0.2) is 0 Å². The van der Waals surface area contributed by atoms with Crippen molar-refractivity contribution in [2.45, 2.75) is 13.8 Å². The zero-order valence-corrected chi connectivity index (χ0v) is 19.7.